The van der Waals surface area contributed by atoms with Crippen molar-refractivity contribution in [1.29, 1.82) is 0 Å². The molecule has 0 spiro atoms. The van der Waals surface area contributed by atoms with Crippen LogP contribution in [-0.4, -0.2) is 21.6 Å². The molecule has 1 amide bonds. The van der Waals surface area contributed by atoms with E-state index >= 15 is 0 Å². The minimum Gasteiger partial charge on any atom is -0.347 e. The number of rotatable bonds is 6. The van der Waals surface area contributed by atoms with Gasteiger partial charge in [0.05, 0.1) is 11.8 Å². The Hall–Kier alpha value is -1.46. The molecule has 0 radical (unpaired) electrons. The molecule has 106 valence electrons. The number of aromatic amines is 1. The van der Waals surface area contributed by atoms with Crippen LogP contribution in [0.5, 0.6) is 0 Å². The lowest BCUT2D eigenvalue weighted by Crippen LogP contribution is -2.30. The number of nitrogens with zero attached hydrogens (tertiary/aromatic N) is 1. The predicted octanol–water partition coefficient (Wildman–Crippen LogP) is 3.42. The summed E-state index contributed by atoms with van der Waals surface area (Å²) in [5, 5.41) is 3.67. The molecule has 4 nitrogen and oxygen atoms in total. The number of hydrogen-bond acceptors (Lipinski definition) is 3. The summed E-state index contributed by atoms with van der Waals surface area (Å²) in [7, 11) is 0. The molecule has 1 unspecified atom stereocenters. The monoisotopic (exact) mass is 309 g/mol. The third-order valence-electron chi connectivity index (χ3n) is 2.78. The van der Waals surface area contributed by atoms with Crippen molar-refractivity contribution in [2.24, 2.45) is 0 Å². The van der Waals surface area contributed by atoms with Crippen molar-refractivity contribution in [2.75, 3.05) is 5.75 Å². The zero-order valence-electron chi connectivity index (χ0n) is 11.1. The molecule has 0 saturated carbocycles. The number of nitrogens with one attached hydrogen (secondary N) is 2. The summed E-state index contributed by atoms with van der Waals surface area (Å²) in [6.45, 7) is 2.01. The van der Waals surface area contributed by atoms with Gasteiger partial charge in [0.25, 0.3) is 0 Å². The highest BCUT2D eigenvalue weighted by Gasteiger charge is 2.14. The molecule has 2 rings (SSSR count). The fraction of sp³-hybridized carbons (Fsp3) is 0.286. The predicted molar refractivity (Wildman–Crippen MR) is 81.9 cm³/mol. The molecule has 0 fully saturated rings. The van der Waals surface area contributed by atoms with Gasteiger partial charge in [0.15, 0.2) is 0 Å². The molecular weight excluding hydrogens is 294 g/mol. The number of carbonyl (C=O) groups is 1. The fourth-order valence-corrected chi connectivity index (χ4v) is 2.58. The van der Waals surface area contributed by atoms with Gasteiger partial charge in [0, 0.05) is 22.3 Å². The molecule has 0 aliphatic carbocycles. The van der Waals surface area contributed by atoms with Gasteiger partial charge in [-0.3, -0.25) is 4.79 Å². The maximum absolute atomic E-state index is 11.9. The molecule has 20 heavy (non-hydrogen) atoms. The van der Waals surface area contributed by atoms with E-state index in [1.807, 2.05) is 31.2 Å². The third-order valence-corrected chi connectivity index (χ3v) is 4.04. The summed E-state index contributed by atoms with van der Waals surface area (Å²) < 4.78 is 0. The Balaban J connectivity index is 1.84. The number of benzene rings is 1. The van der Waals surface area contributed by atoms with E-state index in [0.717, 1.165) is 17.1 Å². The SMILES string of the molecule is CCC(NC(=O)CSc1ccc(Cl)cc1)c1ncc[nH]1. The molecule has 0 saturated heterocycles. The minimum absolute atomic E-state index is 0.00630. The number of aromatic nitrogens is 2. The van der Waals surface area contributed by atoms with Crippen LogP contribution in [0, 0.1) is 0 Å². The van der Waals surface area contributed by atoms with Gasteiger partial charge in [0.1, 0.15) is 5.82 Å². The molecule has 0 aliphatic heterocycles. The molecule has 1 heterocycles. The lowest BCUT2D eigenvalue weighted by Gasteiger charge is -2.14. The quantitative estimate of drug-likeness (QED) is 0.804. The third kappa shape index (κ3) is 4.28. The van der Waals surface area contributed by atoms with Gasteiger partial charge in [-0.1, -0.05) is 18.5 Å². The smallest absolute Gasteiger partial charge is 0.230 e. The van der Waals surface area contributed by atoms with Crippen molar-refractivity contribution in [2.45, 2.75) is 24.3 Å². The average Bonchev–Trinajstić information content (AvgIpc) is 2.98. The van der Waals surface area contributed by atoms with Gasteiger partial charge in [0.2, 0.25) is 5.91 Å². The Labute approximate surface area is 127 Å². The van der Waals surface area contributed by atoms with Crippen molar-refractivity contribution < 1.29 is 4.79 Å². The lowest BCUT2D eigenvalue weighted by atomic mass is 10.2. The van der Waals surface area contributed by atoms with E-state index in [1.165, 1.54) is 11.8 Å². The normalized spacial score (nSPS) is 12.1. The first kappa shape index (κ1) is 14.9. The number of hydrogen-bond donors (Lipinski definition) is 2. The van der Waals surface area contributed by atoms with Crippen LogP contribution in [0.3, 0.4) is 0 Å². The number of halogens is 1. The van der Waals surface area contributed by atoms with Crippen LogP contribution in [0.1, 0.15) is 25.2 Å². The van der Waals surface area contributed by atoms with Crippen LogP contribution in [0.4, 0.5) is 0 Å². The fourth-order valence-electron chi connectivity index (χ4n) is 1.75. The zero-order valence-corrected chi connectivity index (χ0v) is 12.7. The van der Waals surface area contributed by atoms with Crippen LogP contribution in [0.15, 0.2) is 41.6 Å². The summed E-state index contributed by atoms with van der Waals surface area (Å²) in [6.07, 6.45) is 4.24. The van der Waals surface area contributed by atoms with Crippen molar-refractivity contribution in [1.82, 2.24) is 15.3 Å². The second-order valence-corrected chi connectivity index (χ2v) is 5.73. The van der Waals surface area contributed by atoms with E-state index in [1.54, 1.807) is 12.4 Å². The number of carbonyl (C=O) groups excluding carboxylic acids is 1. The Morgan fingerprint density at radius 3 is 2.80 bits per heavy atom. The molecule has 1 aromatic carbocycles. The van der Waals surface area contributed by atoms with Crippen LogP contribution in [0.2, 0.25) is 5.02 Å². The first-order chi connectivity index (χ1) is 9.69. The number of thioether (sulfide) groups is 1. The minimum atomic E-state index is -0.0664. The van der Waals surface area contributed by atoms with Gasteiger partial charge in [-0.2, -0.15) is 0 Å². The summed E-state index contributed by atoms with van der Waals surface area (Å²) in [4.78, 5) is 20.2. The second kappa shape index (κ2) is 7.36. The lowest BCUT2D eigenvalue weighted by molar-refractivity contribution is -0.119. The summed E-state index contributed by atoms with van der Waals surface area (Å²) in [5.41, 5.74) is 0. The average molecular weight is 310 g/mol. The highest BCUT2D eigenvalue weighted by Crippen LogP contribution is 2.20. The van der Waals surface area contributed by atoms with E-state index < -0.39 is 0 Å². The number of H-pyrrole nitrogens is 1. The molecule has 2 N–H and O–H groups in total. The molecule has 6 heteroatoms. The van der Waals surface area contributed by atoms with E-state index in [0.29, 0.717) is 10.8 Å². The van der Waals surface area contributed by atoms with Crippen molar-refractivity contribution in [3.8, 4) is 0 Å². The van der Waals surface area contributed by atoms with E-state index in [4.69, 9.17) is 11.6 Å². The van der Waals surface area contributed by atoms with Gasteiger partial charge < -0.3 is 10.3 Å². The van der Waals surface area contributed by atoms with Crippen LogP contribution in [-0.2, 0) is 4.79 Å². The van der Waals surface area contributed by atoms with Crippen molar-refractivity contribution in [3.05, 3.63) is 47.5 Å². The highest BCUT2D eigenvalue weighted by atomic mass is 35.5. The Morgan fingerprint density at radius 1 is 1.45 bits per heavy atom. The van der Waals surface area contributed by atoms with E-state index in [2.05, 4.69) is 15.3 Å². The van der Waals surface area contributed by atoms with Crippen molar-refractivity contribution in [3.63, 3.8) is 0 Å². The topological polar surface area (TPSA) is 57.8 Å². The number of imidazole rings is 1. The van der Waals surface area contributed by atoms with Gasteiger partial charge in [-0.25, -0.2) is 4.98 Å². The molecule has 0 aliphatic rings. The number of amides is 1. The van der Waals surface area contributed by atoms with E-state index in [9.17, 15) is 4.79 Å². The summed E-state index contributed by atoms with van der Waals surface area (Å²) in [6, 6.07) is 7.39. The summed E-state index contributed by atoms with van der Waals surface area (Å²) in [5.74, 6) is 1.16. The van der Waals surface area contributed by atoms with Gasteiger partial charge in [-0.05, 0) is 30.7 Å². The molecule has 1 atom stereocenters. The van der Waals surface area contributed by atoms with Gasteiger partial charge in [-0.15, -0.1) is 11.8 Å². The van der Waals surface area contributed by atoms with Gasteiger partial charge >= 0.3 is 0 Å². The van der Waals surface area contributed by atoms with Crippen molar-refractivity contribution >= 4 is 29.3 Å². The molecule has 2 aromatic rings. The Morgan fingerprint density at radius 2 is 2.20 bits per heavy atom. The first-order valence-electron chi connectivity index (χ1n) is 6.36. The standard InChI is InChI=1S/C14H16ClN3OS/c1-2-12(14-16-7-8-17-14)18-13(19)9-20-11-5-3-10(15)4-6-11/h3-8,12H,2,9H2,1H3,(H,16,17)(H,18,19). The molecular formula is C14H16ClN3OS. The Kier molecular flexibility index (Phi) is 5.49. The molecule has 0 bridgehead atoms. The largest absolute Gasteiger partial charge is 0.347 e. The maximum Gasteiger partial charge on any atom is 0.230 e. The van der Waals surface area contributed by atoms with Crippen LogP contribution in [0.25, 0.3) is 0 Å². The zero-order chi connectivity index (χ0) is 14.4. The van der Waals surface area contributed by atoms with Crippen LogP contribution >= 0.6 is 23.4 Å². The maximum atomic E-state index is 11.9. The van der Waals surface area contributed by atoms with E-state index in [-0.39, 0.29) is 11.9 Å². The van der Waals surface area contributed by atoms with Crippen LogP contribution < -0.4 is 5.32 Å². The summed E-state index contributed by atoms with van der Waals surface area (Å²) >= 11 is 7.31. The highest BCUT2D eigenvalue weighted by molar-refractivity contribution is 8.00. The Bertz CT molecular complexity index is 542. The molecule has 1 aromatic heterocycles. The second-order valence-electron chi connectivity index (χ2n) is 4.25. The first-order valence-corrected chi connectivity index (χ1v) is 7.72.